The summed E-state index contributed by atoms with van der Waals surface area (Å²) in [5, 5.41) is 3.30. The van der Waals surface area contributed by atoms with Crippen molar-refractivity contribution in [1.82, 2.24) is 5.32 Å². The molecule has 3 unspecified atom stereocenters. The van der Waals surface area contributed by atoms with Crippen molar-refractivity contribution >= 4 is 9.84 Å². The standard InChI is InChI=1S/C13H25NO2S/c1-3-14-12-8-9-13(10(12)2)17(15,16)11-6-4-5-7-11/h10-14H,3-9H2,1-2H3. The van der Waals surface area contributed by atoms with E-state index in [1.54, 1.807) is 0 Å². The minimum atomic E-state index is -2.88. The maximum atomic E-state index is 12.6. The third-order valence-corrected chi connectivity index (χ3v) is 7.55. The zero-order valence-electron chi connectivity index (χ0n) is 11.0. The summed E-state index contributed by atoms with van der Waals surface area (Å²) in [7, 11) is -2.88. The van der Waals surface area contributed by atoms with Gasteiger partial charge >= 0.3 is 0 Å². The predicted molar refractivity (Wildman–Crippen MR) is 70.8 cm³/mol. The van der Waals surface area contributed by atoms with Crippen LogP contribution in [0.25, 0.3) is 0 Å². The number of hydrogen-bond donors (Lipinski definition) is 1. The zero-order chi connectivity index (χ0) is 12.5. The van der Waals surface area contributed by atoms with Crippen LogP contribution in [0, 0.1) is 5.92 Å². The van der Waals surface area contributed by atoms with E-state index in [1.165, 1.54) is 0 Å². The van der Waals surface area contributed by atoms with Crippen molar-refractivity contribution in [3.63, 3.8) is 0 Å². The molecule has 2 saturated carbocycles. The molecule has 0 aromatic carbocycles. The van der Waals surface area contributed by atoms with E-state index in [0.717, 1.165) is 45.1 Å². The second-order valence-electron chi connectivity index (χ2n) is 5.63. The van der Waals surface area contributed by atoms with Gasteiger partial charge in [-0.2, -0.15) is 0 Å². The molecule has 0 spiro atoms. The molecule has 100 valence electrons. The van der Waals surface area contributed by atoms with Crippen LogP contribution >= 0.6 is 0 Å². The summed E-state index contributed by atoms with van der Waals surface area (Å²) in [4.78, 5) is 0. The molecule has 0 aromatic rings. The first-order valence-corrected chi connectivity index (χ1v) is 8.64. The number of rotatable bonds is 4. The molecule has 17 heavy (non-hydrogen) atoms. The normalized spacial score (nSPS) is 35.5. The Labute approximate surface area is 105 Å². The Morgan fingerprint density at radius 1 is 1.12 bits per heavy atom. The van der Waals surface area contributed by atoms with E-state index < -0.39 is 9.84 Å². The zero-order valence-corrected chi connectivity index (χ0v) is 11.8. The highest BCUT2D eigenvalue weighted by atomic mass is 32.2. The summed E-state index contributed by atoms with van der Waals surface area (Å²) in [6.07, 6.45) is 5.88. The summed E-state index contributed by atoms with van der Waals surface area (Å²) >= 11 is 0. The third-order valence-electron chi connectivity index (χ3n) is 4.64. The van der Waals surface area contributed by atoms with Crippen LogP contribution in [0.15, 0.2) is 0 Å². The quantitative estimate of drug-likeness (QED) is 0.841. The SMILES string of the molecule is CCNC1CCC(S(=O)(=O)C2CCCC2)C1C. The van der Waals surface area contributed by atoms with Crippen LogP contribution in [0.3, 0.4) is 0 Å². The molecular formula is C13H25NO2S. The minimum Gasteiger partial charge on any atom is -0.314 e. The third kappa shape index (κ3) is 2.53. The Morgan fingerprint density at radius 3 is 2.35 bits per heavy atom. The van der Waals surface area contributed by atoms with Crippen molar-refractivity contribution in [2.24, 2.45) is 5.92 Å². The highest BCUT2D eigenvalue weighted by Gasteiger charge is 2.44. The van der Waals surface area contributed by atoms with Gasteiger partial charge in [0.05, 0.1) is 10.5 Å². The molecule has 2 aliphatic rings. The average molecular weight is 259 g/mol. The molecule has 2 rings (SSSR count). The first-order valence-electron chi connectivity index (χ1n) is 7.03. The predicted octanol–water partition coefficient (Wildman–Crippen LogP) is 2.12. The maximum Gasteiger partial charge on any atom is 0.156 e. The maximum absolute atomic E-state index is 12.6. The van der Waals surface area contributed by atoms with Crippen LogP contribution in [0.5, 0.6) is 0 Å². The fourth-order valence-corrected chi connectivity index (χ4v) is 6.34. The van der Waals surface area contributed by atoms with Gasteiger partial charge in [-0.1, -0.05) is 26.7 Å². The molecule has 2 aliphatic carbocycles. The Bertz CT molecular complexity index is 346. The lowest BCUT2D eigenvalue weighted by molar-refractivity contribution is 0.432. The molecule has 0 aromatic heterocycles. The van der Waals surface area contributed by atoms with E-state index >= 15 is 0 Å². The van der Waals surface area contributed by atoms with E-state index in [1.807, 2.05) is 0 Å². The lowest BCUT2D eigenvalue weighted by Crippen LogP contribution is -2.38. The first kappa shape index (κ1) is 13.3. The van der Waals surface area contributed by atoms with Crippen molar-refractivity contribution in [2.45, 2.75) is 68.9 Å². The summed E-state index contributed by atoms with van der Waals surface area (Å²) in [5.41, 5.74) is 0. The topological polar surface area (TPSA) is 46.2 Å². The van der Waals surface area contributed by atoms with Crippen molar-refractivity contribution in [3.8, 4) is 0 Å². The Hall–Kier alpha value is -0.0900. The molecule has 2 fully saturated rings. The molecule has 0 saturated heterocycles. The van der Waals surface area contributed by atoms with E-state index in [0.29, 0.717) is 6.04 Å². The highest BCUT2D eigenvalue weighted by Crippen LogP contribution is 2.37. The average Bonchev–Trinajstić information content (AvgIpc) is 2.90. The summed E-state index contributed by atoms with van der Waals surface area (Å²) < 4.78 is 25.1. The van der Waals surface area contributed by atoms with E-state index in [4.69, 9.17) is 0 Å². The second-order valence-corrected chi connectivity index (χ2v) is 8.08. The monoisotopic (exact) mass is 259 g/mol. The van der Waals surface area contributed by atoms with E-state index in [9.17, 15) is 8.42 Å². The summed E-state index contributed by atoms with van der Waals surface area (Å²) in [6.45, 7) is 5.13. The molecule has 0 aliphatic heterocycles. The van der Waals surface area contributed by atoms with Gasteiger partial charge in [0.15, 0.2) is 9.84 Å². The van der Waals surface area contributed by atoms with Crippen LogP contribution in [-0.2, 0) is 9.84 Å². The van der Waals surface area contributed by atoms with Crippen LogP contribution in [0.1, 0.15) is 52.4 Å². The van der Waals surface area contributed by atoms with Gasteiger partial charge in [-0.05, 0) is 38.1 Å². The van der Waals surface area contributed by atoms with Gasteiger partial charge in [-0.3, -0.25) is 0 Å². The molecule has 0 heterocycles. The minimum absolute atomic E-state index is 0.0321. The van der Waals surface area contributed by atoms with Gasteiger partial charge in [0.25, 0.3) is 0 Å². The van der Waals surface area contributed by atoms with Crippen LogP contribution < -0.4 is 5.32 Å². The fraction of sp³-hybridized carbons (Fsp3) is 1.00. The number of hydrogen-bond acceptors (Lipinski definition) is 3. The van der Waals surface area contributed by atoms with Gasteiger partial charge in [-0.15, -0.1) is 0 Å². The molecule has 0 amide bonds. The second kappa shape index (κ2) is 5.27. The van der Waals surface area contributed by atoms with Crippen LogP contribution in [-0.4, -0.2) is 31.5 Å². The Kier molecular flexibility index (Phi) is 4.14. The van der Waals surface area contributed by atoms with Crippen molar-refractivity contribution in [1.29, 1.82) is 0 Å². The Balaban J connectivity index is 2.07. The number of sulfone groups is 1. The van der Waals surface area contributed by atoms with Crippen LogP contribution in [0.2, 0.25) is 0 Å². The molecule has 4 heteroatoms. The van der Waals surface area contributed by atoms with E-state index in [-0.39, 0.29) is 16.4 Å². The molecule has 3 atom stereocenters. The molecule has 3 nitrogen and oxygen atoms in total. The Morgan fingerprint density at radius 2 is 1.76 bits per heavy atom. The van der Waals surface area contributed by atoms with Crippen molar-refractivity contribution in [2.75, 3.05) is 6.54 Å². The molecule has 1 N–H and O–H groups in total. The summed E-state index contributed by atoms with van der Waals surface area (Å²) in [5.74, 6) is 0.278. The molecule has 0 bridgehead atoms. The smallest absolute Gasteiger partial charge is 0.156 e. The molecular weight excluding hydrogens is 234 g/mol. The first-order chi connectivity index (χ1) is 8.07. The van der Waals surface area contributed by atoms with Gasteiger partial charge in [0.2, 0.25) is 0 Å². The van der Waals surface area contributed by atoms with Crippen molar-refractivity contribution in [3.05, 3.63) is 0 Å². The summed E-state index contributed by atoms with van der Waals surface area (Å²) in [6, 6.07) is 0.404. The largest absolute Gasteiger partial charge is 0.314 e. The van der Waals surface area contributed by atoms with Crippen molar-refractivity contribution < 1.29 is 8.42 Å². The van der Waals surface area contributed by atoms with Gasteiger partial charge in [0, 0.05) is 6.04 Å². The van der Waals surface area contributed by atoms with Gasteiger partial charge < -0.3 is 5.32 Å². The van der Waals surface area contributed by atoms with Gasteiger partial charge in [-0.25, -0.2) is 8.42 Å². The van der Waals surface area contributed by atoms with Gasteiger partial charge in [0.1, 0.15) is 0 Å². The van der Waals surface area contributed by atoms with E-state index in [2.05, 4.69) is 19.2 Å². The number of nitrogens with one attached hydrogen (secondary N) is 1. The lowest BCUT2D eigenvalue weighted by atomic mass is 10.1. The fourth-order valence-electron chi connectivity index (χ4n) is 3.61. The molecule has 0 radical (unpaired) electrons. The lowest BCUT2D eigenvalue weighted by Gasteiger charge is -2.24. The van der Waals surface area contributed by atoms with Crippen LogP contribution in [0.4, 0.5) is 0 Å². The highest BCUT2D eigenvalue weighted by molar-refractivity contribution is 7.92.